The predicted molar refractivity (Wildman–Crippen MR) is 114 cm³/mol. The molecule has 0 aliphatic carbocycles. The standard InChI is InChI=1S/C20H12.C4O8/c1-5-13-6-2-11-17-18-12-4-8-14-7-3-10-16(20(14)18)15(9-1)19(13)17;5-1-9-2(6)11-4(8)12-3(7)10-1/h1-12H;. The summed E-state index contributed by atoms with van der Waals surface area (Å²) in [7, 11) is 0. The van der Waals surface area contributed by atoms with E-state index in [1.807, 2.05) is 0 Å². The molecule has 0 spiro atoms. The summed E-state index contributed by atoms with van der Waals surface area (Å²) in [5.41, 5.74) is 0. The first kappa shape index (κ1) is 19.3. The second kappa shape index (κ2) is 7.51. The van der Waals surface area contributed by atoms with Crippen molar-refractivity contribution in [3.05, 3.63) is 72.8 Å². The Hall–Kier alpha value is -4.72. The fraction of sp³-hybridized carbons (Fsp3) is 0. The van der Waals surface area contributed by atoms with Gasteiger partial charge in [-0.25, -0.2) is 19.2 Å². The number of rotatable bonds is 0. The lowest BCUT2D eigenvalue weighted by Gasteiger charge is -2.13. The van der Waals surface area contributed by atoms with Gasteiger partial charge in [0.15, 0.2) is 0 Å². The molecular weight excluding hydrogens is 416 g/mol. The molecule has 0 N–H and O–H groups in total. The topological polar surface area (TPSA) is 105 Å². The number of benzene rings is 5. The van der Waals surface area contributed by atoms with Crippen LogP contribution in [0, 0.1) is 0 Å². The number of carbonyl (C=O) groups is 4. The average molecular weight is 428 g/mol. The Balaban J connectivity index is 0.000000156. The fourth-order valence-electron chi connectivity index (χ4n) is 3.94. The van der Waals surface area contributed by atoms with Gasteiger partial charge in [-0.05, 0) is 43.1 Å². The van der Waals surface area contributed by atoms with Crippen molar-refractivity contribution in [3.8, 4) is 0 Å². The molecule has 1 fully saturated rings. The molecule has 0 aromatic heterocycles. The summed E-state index contributed by atoms with van der Waals surface area (Å²) in [6.07, 6.45) is -6.51. The number of hydrogen-bond acceptors (Lipinski definition) is 8. The molecule has 5 aromatic rings. The molecule has 0 bridgehead atoms. The van der Waals surface area contributed by atoms with Crippen LogP contribution in [0.15, 0.2) is 72.8 Å². The first-order valence-corrected chi connectivity index (χ1v) is 9.43. The number of carbonyl (C=O) groups excluding carboxylic acids is 4. The second-order valence-electron chi connectivity index (χ2n) is 6.83. The quantitative estimate of drug-likeness (QED) is 0.123. The molecule has 6 rings (SSSR count). The van der Waals surface area contributed by atoms with Crippen molar-refractivity contribution in [2.45, 2.75) is 0 Å². The lowest BCUT2D eigenvalue weighted by molar-refractivity contribution is 0.00863. The first-order chi connectivity index (χ1) is 15.5. The van der Waals surface area contributed by atoms with Crippen molar-refractivity contribution in [3.63, 3.8) is 0 Å². The second-order valence-corrected chi connectivity index (χ2v) is 6.83. The van der Waals surface area contributed by atoms with Crippen LogP contribution in [0.3, 0.4) is 0 Å². The van der Waals surface area contributed by atoms with Crippen LogP contribution in [0.5, 0.6) is 0 Å². The summed E-state index contributed by atoms with van der Waals surface area (Å²) in [5, 5.41) is 10.9. The van der Waals surface area contributed by atoms with Gasteiger partial charge in [-0.3, -0.25) is 0 Å². The van der Waals surface area contributed by atoms with E-state index in [4.69, 9.17) is 0 Å². The van der Waals surface area contributed by atoms with Crippen molar-refractivity contribution >= 4 is 67.7 Å². The number of cyclic esters (lactones) is 8. The highest BCUT2D eigenvalue weighted by Gasteiger charge is 2.28. The zero-order valence-corrected chi connectivity index (χ0v) is 16.2. The van der Waals surface area contributed by atoms with Gasteiger partial charge in [0, 0.05) is 0 Å². The highest BCUT2D eigenvalue weighted by molar-refractivity contribution is 6.32. The smallest absolute Gasteiger partial charge is 0.327 e. The summed E-state index contributed by atoms with van der Waals surface area (Å²) in [6, 6.07) is 26.4. The lowest BCUT2D eigenvalue weighted by Crippen LogP contribution is -2.27. The Morgan fingerprint density at radius 3 is 0.875 bits per heavy atom. The molecule has 8 heteroatoms. The van der Waals surface area contributed by atoms with Gasteiger partial charge in [-0.15, -0.1) is 0 Å². The zero-order chi connectivity index (χ0) is 22.2. The van der Waals surface area contributed by atoms with Crippen LogP contribution in [-0.4, -0.2) is 24.6 Å². The van der Waals surface area contributed by atoms with Gasteiger partial charge in [-0.1, -0.05) is 72.8 Å². The molecule has 0 saturated carbocycles. The van der Waals surface area contributed by atoms with E-state index < -0.39 is 24.6 Å². The predicted octanol–water partition coefficient (Wildman–Crippen LogP) is 6.28. The summed E-state index contributed by atoms with van der Waals surface area (Å²) in [4.78, 5) is 40.8. The molecule has 8 nitrogen and oxygen atoms in total. The largest absolute Gasteiger partial charge is 0.528 e. The van der Waals surface area contributed by atoms with Crippen molar-refractivity contribution in [2.75, 3.05) is 0 Å². The van der Waals surface area contributed by atoms with Crippen molar-refractivity contribution in [2.24, 2.45) is 0 Å². The molecule has 1 saturated heterocycles. The number of hydrogen-bond donors (Lipinski definition) is 0. The third kappa shape index (κ3) is 3.29. The molecule has 5 aromatic carbocycles. The van der Waals surface area contributed by atoms with E-state index in [0.717, 1.165) is 0 Å². The Morgan fingerprint density at radius 2 is 0.625 bits per heavy atom. The van der Waals surface area contributed by atoms with Gasteiger partial charge in [0.25, 0.3) is 0 Å². The summed E-state index contributed by atoms with van der Waals surface area (Å²) in [6.45, 7) is 0. The Kier molecular flexibility index (Phi) is 4.52. The Morgan fingerprint density at radius 1 is 0.375 bits per heavy atom. The molecule has 156 valence electrons. The van der Waals surface area contributed by atoms with Crippen molar-refractivity contribution in [1.29, 1.82) is 0 Å². The third-order valence-electron chi connectivity index (χ3n) is 5.06. The van der Waals surface area contributed by atoms with E-state index in [2.05, 4.69) is 91.7 Å². The number of fused-ring (bicyclic) bond motifs is 2. The van der Waals surface area contributed by atoms with Crippen LogP contribution < -0.4 is 0 Å². The van der Waals surface area contributed by atoms with Gasteiger partial charge in [0.05, 0.1) is 0 Å². The molecule has 0 radical (unpaired) electrons. The number of ether oxygens (including phenoxy) is 4. The molecule has 32 heavy (non-hydrogen) atoms. The van der Waals surface area contributed by atoms with Crippen molar-refractivity contribution < 1.29 is 38.1 Å². The van der Waals surface area contributed by atoms with Crippen LogP contribution in [0.1, 0.15) is 0 Å². The molecule has 1 aliphatic rings. The maximum Gasteiger partial charge on any atom is 0.528 e. The van der Waals surface area contributed by atoms with E-state index in [-0.39, 0.29) is 0 Å². The third-order valence-corrected chi connectivity index (χ3v) is 5.06. The Labute approximate surface area is 179 Å². The maximum atomic E-state index is 10.2. The minimum Gasteiger partial charge on any atom is -0.327 e. The van der Waals surface area contributed by atoms with Gasteiger partial charge in [0.1, 0.15) is 0 Å². The van der Waals surface area contributed by atoms with E-state index >= 15 is 0 Å². The van der Waals surface area contributed by atoms with Gasteiger partial charge in [-0.2, -0.15) is 0 Å². The van der Waals surface area contributed by atoms with E-state index in [1.165, 1.54) is 43.1 Å². The average Bonchev–Trinajstić information content (AvgIpc) is 2.76. The monoisotopic (exact) mass is 428 g/mol. The van der Waals surface area contributed by atoms with Crippen LogP contribution in [-0.2, 0) is 18.9 Å². The lowest BCUT2D eigenvalue weighted by atomic mass is 9.90. The van der Waals surface area contributed by atoms with E-state index in [1.54, 1.807) is 0 Å². The van der Waals surface area contributed by atoms with Gasteiger partial charge in [0.2, 0.25) is 0 Å². The molecular formula is C24H12O8. The molecule has 1 heterocycles. The van der Waals surface area contributed by atoms with Crippen molar-refractivity contribution in [1.82, 2.24) is 0 Å². The van der Waals surface area contributed by atoms with Gasteiger partial charge < -0.3 is 18.9 Å². The van der Waals surface area contributed by atoms with E-state index in [0.29, 0.717) is 0 Å². The molecule has 1 aliphatic heterocycles. The van der Waals surface area contributed by atoms with Crippen LogP contribution >= 0.6 is 0 Å². The molecule has 0 unspecified atom stereocenters. The Bertz CT molecular complexity index is 1310. The molecule has 0 atom stereocenters. The SMILES string of the molecule is O=C1OC(=O)OC(=O)OC(=O)O1.c1cc2cccc3c4cccc5cccc(c(c1)c23)c54. The minimum atomic E-state index is -1.63. The molecule has 0 amide bonds. The zero-order valence-electron chi connectivity index (χ0n) is 16.2. The highest BCUT2D eigenvalue weighted by Crippen LogP contribution is 2.39. The normalized spacial score (nSPS) is 14.2. The summed E-state index contributed by atoms with van der Waals surface area (Å²) < 4.78 is 14.4. The van der Waals surface area contributed by atoms with Gasteiger partial charge >= 0.3 is 24.6 Å². The summed E-state index contributed by atoms with van der Waals surface area (Å²) >= 11 is 0. The fourth-order valence-corrected chi connectivity index (χ4v) is 3.94. The van der Waals surface area contributed by atoms with Crippen LogP contribution in [0.2, 0.25) is 0 Å². The van der Waals surface area contributed by atoms with Crippen LogP contribution in [0.4, 0.5) is 19.2 Å². The van der Waals surface area contributed by atoms with E-state index in [9.17, 15) is 19.2 Å². The highest BCUT2D eigenvalue weighted by atomic mass is 16.9. The summed E-state index contributed by atoms with van der Waals surface area (Å²) in [5.74, 6) is 0. The first-order valence-electron chi connectivity index (χ1n) is 9.43. The van der Waals surface area contributed by atoms with Crippen LogP contribution in [0.25, 0.3) is 43.1 Å². The minimum absolute atomic E-state index is 1.33. The maximum absolute atomic E-state index is 10.2.